The zero-order valence-corrected chi connectivity index (χ0v) is 12.9. The minimum absolute atomic E-state index is 0.0513. The minimum Gasteiger partial charge on any atom is -0.463 e. The van der Waals surface area contributed by atoms with Crippen LogP contribution in [0.25, 0.3) is 0 Å². The van der Waals surface area contributed by atoms with Gasteiger partial charge in [0, 0.05) is 17.8 Å². The molecule has 1 aliphatic rings. The monoisotopic (exact) mass is 321 g/mol. The van der Waals surface area contributed by atoms with E-state index in [4.69, 9.17) is 17.0 Å². The number of hydrogen-bond donors (Lipinski definition) is 2. The second-order valence-electron chi connectivity index (χ2n) is 4.64. The lowest BCUT2D eigenvalue weighted by Crippen LogP contribution is -2.45. The molecule has 2 N–H and O–H groups in total. The van der Waals surface area contributed by atoms with E-state index >= 15 is 0 Å². The van der Waals surface area contributed by atoms with Crippen LogP contribution in [0.4, 0.5) is 5.69 Å². The van der Waals surface area contributed by atoms with E-state index < -0.39 is 16.9 Å². The van der Waals surface area contributed by atoms with Crippen molar-refractivity contribution in [2.75, 3.05) is 6.61 Å². The molecule has 0 aliphatic carbocycles. The third-order valence-electron chi connectivity index (χ3n) is 3.18. The van der Waals surface area contributed by atoms with Gasteiger partial charge in [0.1, 0.15) is 0 Å². The number of carbonyl (C=O) groups excluding carboxylic acids is 1. The topological polar surface area (TPSA) is 93.5 Å². The molecule has 0 saturated carbocycles. The lowest BCUT2D eigenvalue weighted by atomic mass is 9.95. The van der Waals surface area contributed by atoms with E-state index in [1.54, 1.807) is 26.0 Å². The third-order valence-corrected chi connectivity index (χ3v) is 3.40. The molecule has 0 amide bonds. The van der Waals surface area contributed by atoms with Crippen LogP contribution in [0.1, 0.15) is 25.5 Å². The van der Waals surface area contributed by atoms with Crippen molar-refractivity contribution in [3.05, 3.63) is 51.2 Å². The molecule has 0 saturated heterocycles. The molecular formula is C14H15N3O4S. The molecule has 0 fully saturated rings. The summed E-state index contributed by atoms with van der Waals surface area (Å²) >= 11 is 5.11. The Kier molecular flexibility index (Phi) is 4.71. The van der Waals surface area contributed by atoms with Gasteiger partial charge in [0.25, 0.3) is 5.69 Å². The number of rotatable bonds is 4. The van der Waals surface area contributed by atoms with Crippen molar-refractivity contribution in [1.29, 1.82) is 0 Å². The number of esters is 1. The molecule has 0 spiro atoms. The zero-order valence-electron chi connectivity index (χ0n) is 12.1. The number of benzene rings is 1. The molecule has 2 rings (SSSR count). The smallest absolute Gasteiger partial charge is 0.338 e. The number of nitrogens with one attached hydrogen (secondary N) is 2. The van der Waals surface area contributed by atoms with Crippen LogP contribution in [0.2, 0.25) is 0 Å². The maximum absolute atomic E-state index is 12.2. The van der Waals surface area contributed by atoms with E-state index in [2.05, 4.69) is 10.6 Å². The van der Waals surface area contributed by atoms with Gasteiger partial charge in [-0.15, -0.1) is 0 Å². The maximum Gasteiger partial charge on any atom is 0.338 e. The standard InChI is InChI=1S/C14H15N3O4S/c1-3-21-13(18)11-8(2)15-14(22)16-12(11)9-5-4-6-10(7-9)17(19)20/h4-7,12H,3H2,1-2H3,(H2,15,16,22)/t12-/m1/s1. The van der Waals surface area contributed by atoms with Crippen molar-refractivity contribution in [3.8, 4) is 0 Å². The highest BCUT2D eigenvalue weighted by molar-refractivity contribution is 7.80. The van der Waals surface area contributed by atoms with Crippen LogP contribution < -0.4 is 10.6 Å². The molecule has 1 aromatic rings. The number of hydrogen-bond acceptors (Lipinski definition) is 5. The average Bonchev–Trinajstić information content (AvgIpc) is 2.46. The molecule has 8 heteroatoms. The normalized spacial score (nSPS) is 17.5. The summed E-state index contributed by atoms with van der Waals surface area (Å²) in [4.78, 5) is 22.6. The largest absolute Gasteiger partial charge is 0.463 e. The van der Waals surface area contributed by atoms with Gasteiger partial charge < -0.3 is 15.4 Å². The van der Waals surface area contributed by atoms with E-state index in [-0.39, 0.29) is 12.3 Å². The van der Waals surface area contributed by atoms with E-state index in [9.17, 15) is 14.9 Å². The van der Waals surface area contributed by atoms with Crippen molar-refractivity contribution in [2.45, 2.75) is 19.9 Å². The number of nitro benzene ring substituents is 1. The van der Waals surface area contributed by atoms with Crippen LogP contribution in [0.15, 0.2) is 35.5 Å². The molecule has 7 nitrogen and oxygen atoms in total. The molecule has 116 valence electrons. The van der Waals surface area contributed by atoms with Crippen molar-refractivity contribution >= 4 is 29.0 Å². The average molecular weight is 321 g/mol. The Morgan fingerprint density at radius 1 is 1.50 bits per heavy atom. The van der Waals surface area contributed by atoms with Gasteiger partial charge in [0.2, 0.25) is 0 Å². The second kappa shape index (κ2) is 6.52. The summed E-state index contributed by atoms with van der Waals surface area (Å²) in [5.74, 6) is -0.487. The molecular weight excluding hydrogens is 306 g/mol. The van der Waals surface area contributed by atoms with E-state index in [1.807, 2.05) is 0 Å². The Morgan fingerprint density at radius 3 is 2.86 bits per heavy atom. The maximum atomic E-state index is 12.2. The highest BCUT2D eigenvalue weighted by atomic mass is 32.1. The summed E-state index contributed by atoms with van der Waals surface area (Å²) in [5, 5.41) is 17.1. The molecule has 1 heterocycles. The van der Waals surface area contributed by atoms with Gasteiger partial charge in [-0.3, -0.25) is 10.1 Å². The van der Waals surface area contributed by atoms with E-state index in [0.717, 1.165) is 0 Å². The van der Waals surface area contributed by atoms with Crippen LogP contribution >= 0.6 is 12.2 Å². The van der Waals surface area contributed by atoms with Crippen molar-refractivity contribution < 1.29 is 14.5 Å². The predicted molar refractivity (Wildman–Crippen MR) is 84.0 cm³/mol. The van der Waals surface area contributed by atoms with Crippen LogP contribution in [0.5, 0.6) is 0 Å². The zero-order chi connectivity index (χ0) is 16.3. The first kappa shape index (κ1) is 15.9. The van der Waals surface area contributed by atoms with Gasteiger partial charge in [-0.25, -0.2) is 4.79 Å². The van der Waals surface area contributed by atoms with Gasteiger partial charge in [0.05, 0.1) is 23.1 Å². The molecule has 0 bridgehead atoms. The number of nitrogens with zero attached hydrogens (tertiary/aromatic N) is 1. The Bertz CT molecular complexity index is 672. The fraction of sp³-hybridized carbons (Fsp3) is 0.286. The van der Waals surface area contributed by atoms with Gasteiger partial charge >= 0.3 is 5.97 Å². The lowest BCUT2D eigenvalue weighted by Gasteiger charge is -2.29. The Labute approximate surface area is 132 Å². The fourth-order valence-electron chi connectivity index (χ4n) is 2.24. The molecule has 1 aromatic carbocycles. The summed E-state index contributed by atoms with van der Waals surface area (Å²) in [6.07, 6.45) is 0. The highest BCUT2D eigenvalue weighted by Gasteiger charge is 2.31. The Morgan fingerprint density at radius 2 is 2.23 bits per heavy atom. The van der Waals surface area contributed by atoms with Crippen LogP contribution in [-0.4, -0.2) is 22.6 Å². The van der Waals surface area contributed by atoms with E-state index in [0.29, 0.717) is 21.9 Å². The first-order valence-corrected chi connectivity index (χ1v) is 7.04. The van der Waals surface area contributed by atoms with Crippen molar-refractivity contribution in [1.82, 2.24) is 10.6 Å². The summed E-state index contributed by atoms with van der Waals surface area (Å²) in [7, 11) is 0. The van der Waals surface area contributed by atoms with Gasteiger partial charge in [-0.1, -0.05) is 12.1 Å². The number of carbonyl (C=O) groups is 1. The quantitative estimate of drug-likeness (QED) is 0.379. The second-order valence-corrected chi connectivity index (χ2v) is 5.05. The first-order valence-electron chi connectivity index (χ1n) is 6.63. The summed E-state index contributed by atoms with van der Waals surface area (Å²) in [6, 6.07) is 5.48. The number of ether oxygens (including phenoxy) is 1. The van der Waals surface area contributed by atoms with Gasteiger partial charge in [-0.2, -0.15) is 0 Å². The minimum atomic E-state index is -0.590. The van der Waals surface area contributed by atoms with E-state index in [1.165, 1.54) is 12.1 Å². The van der Waals surface area contributed by atoms with Gasteiger partial charge in [-0.05, 0) is 31.6 Å². The molecule has 0 aromatic heterocycles. The fourth-order valence-corrected chi connectivity index (χ4v) is 2.51. The number of non-ortho nitro benzene ring substituents is 1. The molecule has 22 heavy (non-hydrogen) atoms. The predicted octanol–water partition coefficient (Wildman–Crippen LogP) is 1.95. The van der Waals surface area contributed by atoms with Crippen LogP contribution in [-0.2, 0) is 9.53 Å². The van der Waals surface area contributed by atoms with Crippen molar-refractivity contribution in [2.24, 2.45) is 0 Å². The summed E-state index contributed by atoms with van der Waals surface area (Å²) in [5.41, 5.74) is 1.44. The number of thiocarbonyl (C=S) groups is 1. The number of nitro groups is 1. The SMILES string of the molecule is CCOC(=O)C1=C(C)NC(=S)N[C@@H]1c1cccc([N+](=O)[O-])c1. The summed E-state index contributed by atoms with van der Waals surface area (Å²) < 4.78 is 5.06. The molecule has 0 radical (unpaired) electrons. The Balaban J connectivity index is 2.47. The Hall–Kier alpha value is -2.48. The molecule has 1 aliphatic heterocycles. The number of allylic oxidation sites excluding steroid dienone is 1. The highest BCUT2D eigenvalue weighted by Crippen LogP contribution is 2.29. The van der Waals surface area contributed by atoms with Gasteiger partial charge in [0.15, 0.2) is 5.11 Å². The molecule has 1 atom stereocenters. The summed E-state index contributed by atoms with van der Waals surface area (Å²) in [6.45, 7) is 3.66. The first-order chi connectivity index (χ1) is 10.4. The lowest BCUT2D eigenvalue weighted by molar-refractivity contribution is -0.384. The van der Waals surface area contributed by atoms with Crippen molar-refractivity contribution in [3.63, 3.8) is 0 Å². The molecule has 0 unspecified atom stereocenters. The van der Waals surface area contributed by atoms with Crippen LogP contribution in [0.3, 0.4) is 0 Å². The third kappa shape index (κ3) is 3.22. The van der Waals surface area contributed by atoms with Crippen LogP contribution in [0, 0.1) is 10.1 Å².